The molecule has 0 saturated heterocycles. The third-order valence-electron chi connectivity index (χ3n) is 2.26. The number of aromatic nitrogens is 1. The summed E-state index contributed by atoms with van der Waals surface area (Å²) in [4.78, 5) is 4.34. The van der Waals surface area contributed by atoms with E-state index in [9.17, 15) is 0 Å². The van der Waals surface area contributed by atoms with E-state index >= 15 is 0 Å². The van der Waals surface area contributed by atoms with Crippen molar-refractivity contribution in [3.63, 3.8) is 0 Å². The molecule has 1 aromatic heterocycles. The van der Waals surface area contributed by atoms with Gasteiger partial charge in [0.05, 0.1) is 5.69 Å². The minimum Gasteiger partial charge on any atom is -0.256 e. The lowest BCUT2D eigenvalue weighted by Crippen LogP contribution is -1.84. The summed E-state index contributed by atoms with van der Waals surface area (Å²) < 4.78 is 0. The molecule has 0 unspecified atom stereocenters. The molecule has 0 saturated carbocycles. The van der Waals surface area contributed by atoms with E-state index in [1.807, 2.05) is 12.3 Å². The summed E-state index contributed by atoms with van der Waals surface area (Å²) in [5.41, 5.74) is 4.75. The number of nitrogens with zero attached hydrogens (tertiary/aromatic N) is 1. The highest BCUT2D eigenvalue weighted by Gasteiger charge is 1.97. The fourth-order valence-electron chi connectivity index (χ4n) is 1.42. The highest BCUT2D eigenvalue weighted by atomic mass is 14.7. The first kappa shape index (κ1) is 8.95. The number of aryl methyl sites for hydroxylation is 2. The Bertz CT molecular complexity index is 429. The third kappa shape index (κ3) is 1.82. The zero-order valence-corrected chi connectivity index (χ0v) is 8.49. The van der Waals surface area contributed by atoms with Crippen molar-refractivity contribution in [2.24, 2.45) is 0 Å². The van der Waals surface area contributed by atoms with Gasteiger partial charge < -0.3 is 0 Å². The number of rotatable bonds is 1. The van der Waals surface area contributed by atoms with Crippen LogP contribution in [0.2, 0.25) is 0 Å². The first-order valence-corrected chi connectivity index (χ1v) is 4.75. The topological polar surface area (TPSA) is 12.9 Å². The van der Waals surface area contributed by atoms with Crippen LogP contribution in [0.5, 0.6) is 0 Å². The van der Waals surface area contributed by atoms with Crippen LogP contribution in [0.15, 0.2) is 42.6 Å². The molecule has 14 heavy (non-hydrogen) atoms. The van der Waals surface area contributed by atoms with Gasteiger partial charge in [0.1, 0.15) is 0 Å². The Labute approximate surface area is 84.4 Å². The van der Waals surface area contributed by atoms with E-state index in [0.717, 1.165) is 5.69 Å². The maximum Gasteiger partial charge on any atom is 0.0704 e. The fourth-order valence-corrected chi connectivity index (χ4v) is 1.42. The zero-order valence-electron chi connectivity index (χ0n) is 8.49. The second-order valence-corrected chi connectivity index (χ2v) is 3.58. The molecule has 1 heteroatoms. The van der Waals surface area contributed by atoms with Gasteiger partial charge in [-0.2, -0.15) is 0 Å². The standard InChI is InChI=1S/C13H13N/c1-10-3-5-12(6-4-10)13-9-11(2)7-8-14-13/h3-9H,1-2H3. The predicted molar refractivity (Wildman–Crippen MR) is 59.1 cm³/mol. The van der Waals surface area contributed by atoms with Crippen LogP contribution in [-0.2, 0) is 0 Å². The molecule has 0 bridgehead atoms. The third-order valence-corrected chi connectivity index (χ3v) is 2.26. The molecule has 1 aromatic carbocycles. The van der Waals surface area contributed by atoms with Crippen LogP contribution in [0.25, 0.3) is 11.3 Å². The van der Waals surface area contributed by atoms with Crippen molar-refractivity contribution in [1.29, 1.82) is 0 Å². The molecule has 0 aliphatic rings. The summed E-state index contributed by atoms with van der Waals surface area (Å²) in [5, 5.41) is 0. The molecule has 2 aromatic rings. The molecule has 0 amide bonds. The molecule has 0 N–H and O–H groups in total. The lowest BCUT2D eigenvalue weighted by atomic mass is 10.1. The summed E-state index contributed by atoms with van der Waals surface area (Å²) in [7, 11) is 0. The van der Waals surface area contributed by atoms with Gasteiger partial charge in [0.15, 0.2) is 0 Å². The Kier molecular flexibility index (Phi) is 2.32. The average molecular weight is 183 g/mol. The van der Waals surface area contributed by atoms with Gasteiger partial charge in [0.25, 0.3) is 0 Å². The number of hydrogen-bond donors (Lipinski definition) is 0. The van der Waals surface area contributed by atoms with Crippen LogP contribution < -0.4 is 0 Å². The summed E-state index contributed by atoms with van der Waals surface area (Å²) in [5.74, 6) is 0. The van der Waals surface area contributed by atoms with Gasteiger partial charge in [-0.25, -0.2) is 0 Å². The Morgan fingerprint density at radius 3 is 2.21 bits per heavy atom. The van der Waals surface area contributed by atoms with Crippen molar-refractivity contribution in [1.82, 2.24) is 4.98 Å². The van der Waals surface area contributed by atoms with Crippen LogP contribution in [0.3, 0.4) is 0 Å². The monoisotopic (exact) mass is 183 g/mol. The van der Waals surface area contributed by atoms with E-state index in [1.54, 1.807) is 0 Å². The van der Waals surface area contributed by atoms with Gasteiger partial charge in [0, 0.05) is 11.8 Å². The molecular weight excluding hydrogens is 170 g/mol. The van der Waals surface area contributed by atoms with Gasteiger partial charge in [-0.3, -0.25) is 4.98 Å². The quantitative estimate of drug-likeness (QED) is 0.660. The largest absolute Gasteiger partial charge is 0.256 e. The first-order chi connectivity index (χ1) is 6.75. The van der Waals surface area contributed by atoms with E-state index in [2.05, 4.69) is 49.2 Å². The lowest BCUT2D eigenvalue weighted by Gasteiger charge is -2.01. The molecule has 2 rings (SSSR count). The van der Waals surface area contributed by atoms with E-state index in [1.165, 1.54) is 16.7 Å². The molecule has 0 atom stereocenters. The second-order valence-electron chi connectivity index (χ2n) is 3.58. The van der Waals surface area contributed by atoms with E-state index in [-0.39, 0.29) is 0 Å². The van der Waals surface area contributed by atoms with Crippen LogP contribution in [-0.4, -0.2) is 4.98 Å². The second kappa shape index (κ2) is 3.62. The minimum atomic E-state index is 1.05. The van der Waals surface area contributed by atoms with Crippen molar-refractivity contribution < 1.29 is 0 Å². The molecule has 1 heterocycles. The van der Waals surface area contributed by atoms with Crippen LogP contribution in [0.1, 0.15) is 11.1 Å². The van der Waals surface area contributed by atoms with Crippen molar-refractivity contribution >= 4 is 0 Å². The zero-order chi connectivity index (χ0) is 9.97. The Morgan fingerprint density at radius 2 is 1.57 bits per heavy atom. The van der Waals surface area contributed by atoms with Gasteiger partial charge in [0.2, 0.25) is 0 Å². The van der Waals surface area contributed by atoms with Gasteiger partial charge in [-0.05, 0) is 31.5 Å². The molecule has 0 radical (unpaired) electrons. The van der Waals surface area contributed by atoms with E-state index < -0.39 is 0 Å². The van der Waals surface area contributed by atoms with Crippen LogP contribution >= 0.6 is 0 Å². The highest BCUT2D eigenvalue weighted by Crippen LogP contribution is 2.17. The minimum absolute atomic E-state index is 1.05. The van der Waals surface area contributed by atoms with E-state index in [0.29, 0.717) is 0 Å². The summed E-state index contributed by atoms with van der Waals surface area (Å²) in [6, 6.07) is 12.6. The molecule has 1 nitrogen and oxygen atoms in total. The van der Waals surface area contributed by atoms with Crippen LogP contribution in [0, 0.1) is 13.8 Å². The average Bonchev–Trinajstić information content (AvgIpc) is 2.19. The molecule has 0 fully saturated rings. The Balaban J connectivity index is 2.44. The first-order valence-electron chi connectivity index (χ1n) is 4.75. The number of pyridine rings is 1. The van der Waals surface area contributed by atoms with E-state index in [4.69, 9.17) is 0 Å². The lowest BCUT2D eigenvalue weighted by molar-refractivity contribution is 1.28. The maximum atomic E-state index is 4.34. The van der Waals surface area contributed by atoms with Gasteiger partial charge in [-0.15, -0.1) is 0 Å². The smallest absolute Gasteiger partial charge is 0.0704 e. The normalized spacial score (nSPS) is 10.1. The molecule has 70 valence electrons. The molecule has 0 spiro atoms. The fraction of sp³-hybridized carbons (Fsp3) is 0.154. The SMILES string of the molecule is Cc1ccc(-c2cc(C)ccn2)cc1. The summed E-state index contributed by atoms with van der Waals surface area (Å²) in [6.45, 7) is 4.17. The van der Waals surface area contributed by atoms with Gasteiger partial charge >= 0.3 is 0 Å². The van der Waals surface area contributed by atoms with Crippen molar-refractivity contribution in [3.8, 4) is 11.3 Å². The van der Waals surface area contributed by atoms with Crippen LogP contribution in [0.4, 0.5) is 0 Å². The summed E-state index contributed by atoms with van der Waals surface area (Å²) in [6.07, 6.45) is 1.85. The van der Waals surface area contributed by atoms with Crippen molar-refractivity contribution in [3.05, 3.63) is 53.7 Å². The Morgan fingerprint density at radius 1 is 0.857 bits per heavy atom. The van der Waals surface area contributed by atoms with Gasteiger partial charge in [-0.1, -0.05) is 29.8 Å². The number of benzene rings is 1. The highest BCUT2D eigenvalue weighted by molar-refractivity contribution is 5.59. The molecular formula is C13H13N. The summed E-state index contributed by atoms with van der Waals surface area (Å²) >= 11 is 0. The maximum absolute atomic E-state index is 4.34. The van der Waals surface area contributed by atoms with Crippen molar-refractivity contribution in [2.45, 2.75) is 13.8 Å². The number of hydrogen-bond acceptors (Lipinski definition) is 1. The van der Waals surface area contributed by atoms with Crippen molar-refractivity contribution in [2.75, 3.05) is 0 Å². The molecule has 0 aliphatic carbocycles. The Hall–Kier alpha value is -1.63. The molecule has 0 aliphatic heterocycles. The predicted octanol–water partition coefficient (Wildman–Crippen LogP) is 3.37.